The maximum absolute atomic E-state index is 13.0. The van der Waals surface area contributed by atoms with E-state index in [0.29, 0.717) is 38.6 Å². The third-order valence-corrected chi connectivity index (χ3v) is 6.35. The van der Waals surface area contributed by atoms with E-state index >= 15 is 0 Å². The molecule has 28 heavy (non-hydrogen) atoms. The number of carbonyl (C=O) groups excluding carboxylic acids is 2. The normalized spacial score (nSPS) is 22.6. The van der Waals surface area contributed by atoms with E-state index in [2.05, 4.69) is 11.1 Å². The summed E-state index contributed by atoms with van der Waals surface area (Å²) in [5.41, 5.74) is 3.15. The second-order valence-electron chi connectivity index (χ2n) is 8.33. The fourth-order valence-corrected chi connectivity index (χ4v) is 4.67. The van der Waals surface area contributed by atoms with Crippen LogP contribution in [0.4, 0.5) is 0 Å². The number of carbonyl (C=O) groups is 2. The van der Waals surface area contributed by atoms with Crippen molar-refractivity contribution in [3.8, 4) is 0 Å². The van der Waals surface area contributed by atoms with Gasteiger partial charge in [0.15, 0.2) is 0 Å². The first kappa shape index (κ1) is 19.4. The zero-order valence-corrected chi connectivity index (χ0v) is 16.7. The van der Waals surface area contributed by atoms with Crippen molar-refractivity contribution in [2.24, 2.45) is 5.92 Å². The third-order valence-electron chi connectivity index (χ3n) is 6.35. The SMILES string of the molecule is O=C(CC[C@H]1CCCN(C(=O)c2cnc3c(c2)CCCC3)C1)N1CCOCC1. The van der Waals surface area contributed by atoms with Crippen LogP contribution in [-0.4, -0.2) is 66.0 Å². The molecule has 2 saturated heterocycles. The minimum atomic E-state index is 0.102. The van der Waals surface area contributed by atoms with E-state index in [-0.39, 0.29) is 11.8 Å². The minimum absolute atomic E-state index is 0.102. The van der Waals surface area contributed by atoms with E-state index in [1.54, 1.807) is 6.20 Å². The van der Waals surface area contributed by atoms with Crippen LogP contribution >= 0.6 is 0 Å². The molecule has 2 fully saturated rings. The van der Waals surface area contributed by atoms with Gasteiger partial charge in [0, 0.05) is 44.5 Å². The minimum Gasteiger partial charge on any atom is -0.378 e. The van der Waals surface area contributed by atoms with Crippen molar-refractivity contribution in [2.75, 3.05) is 39.4 Å². The quantitative estimate of drug-likeness (QED) is 0.799. The Labute approximate surface area is 167 Å². The highest BCUT2D eigenvalue weighted by Gasteiger charge is 2.26. The van der Waals surface area contributed by atoms with Crippen LogP contribution in [-0.2, 0) is 22.4 Å². The van der Waals surface area contributed by atoms with Gasteiger partial charge in [-0.15, -0.1) is 0 Å². The first-order valence-electron chi connectivity index (χ1n) is 10.8. The van der Waals surface area contributed by atoms with Crippen LogP contribution in [0.25, 0.3) is 0 Å². The number of nitrogens with zero attached hydrogens (tertiary/aromatic N) is 3. The third kappa shape index (κ3) is 4.54. The number of hydrogen-bond donors (Lipinski definition) is 0. The second kappa shape index (κ2) is 9.03. The van der Waals surface area contributed by atoms with Crippen LogP contribution in [0, 0.1) is 5.92 Å². The summed E-state index contributed by atoms with van der Waals surface area (Å²) in [5, 5.41) is 0. The Morgan fingerprint density at radius 1 is 1.07 bits per heavy atom. The van der Waals surface area contributed by atoms with Crippen molar-refractivity contribution in [1.29, 1.82) is 0 Å². The van der Waals surface area contributed by atoms with E-state index in [4.69, 9.17) is 4.74 Å². The molecule has 4 rings (SSSR count). The van der Waals surface area contributed by atoms with Gasteiger partial charge in [0.05, 0.1) is 18.8 Å². The molecule has 0 spiro atoms. The summed E-state index contributed by atoms with van der Waals surface area (Å²) in [4.78, 5) is 33.8. The number of rotatable bonds is 4. The topological polar surface area (TPSA) is 62.7 Å². The van der Waals surface area contributed by atoms with Crippen molar-refractivity contribution >= 4 is 11.8 Å². The van der Waals surface area contributed by atoms with Crippen molar-refractivity contribution in [2.45, 2.75) is 51.4 Å². The Bertz CT molecular complexity index is 715. The molecule has 2 aliphatic heterocycles. The van der Waals surface area contributed by atoms with Gasteiger partial charge in [-0.2, -0.15) is 0 Å². The summed E-state index contributed by atoms with van der Waals surface area (Å²) in [6.45, 7) is 4.27. The molecule has 3 aliphatic rings. The number of fused-ring (bicyclic) bond motifs is 1. The number of piperidine rings is 1. The standard InChI is InChI=1S/C22H31N3O3/c26-21(24-10-12-28-13-11-24)8-7-17-4-3-9-25(16-17)22(27)19-14-18-5-1-2-6-20(18)23-15-19/h14-15,17H,1-13,16H2/t17-/m1/s1. The molecule has 6 nitrogen and oxygen atoms in total. The highest BCUT2D eigenvalue weighted by Crippen LogP contribution is 2.25. The molecular weight excluding hydrogens is 354 g/mol. The molecule has 0 aromatic carbocycles. The first-order valence-corrected chi connectivity index (χ1v) is 10.8. The van der Waals surface area contributed by atoms with Gasteiger partial charge in [-0.3, -0.25) is 14.6 Å². The average Bonchev–Trinajstić information content (AvgIpc) is 2.77. The Hall–Kier alpha value is -1.95. The van der Waals surface area contributed by atoms with E-state index < -0.39 is 0 Å². The maximum Gasteiger partial charge on any atom is 0.255 e. The number of morpholine rings is 1. The van der Waals surface area contributed by atoms with Crippen LogP contribution in [0.5, 0.6) is 0 Å². The fourth-order valence-electron chi connectivity index (χ4n) is 4.67. The Morgan fingerprint density at radius 3 is 2.75 bits per heavy atom. The largest absolute Gasteiger partial charge is 0.378 e. The second-order valence-corrected chi connectivity index (χ2v) is 8.33. The van der Waals surface area contributed by atoms with Crippen molar-refractivity contribution in [3.05, 3.63) is 29.1 Å². The molecule has 1 aromatic rings. The summed E-state index contributed by atoms with van der Waals surface area (Å²) < 4.78 is 5.32. The Kier molecular flexibility index (Phi) is 6.25. The molecule has 6 heteroatoms. The van der Waals surface area contributed by atoms with Gasteiger partial charge < -0.3 is 14.5 Å². The van der Waals surface area contributed by atoms with Crippen molar-refractivity contribution in [3.63, 3.8) is 0 Å². The lowest BCUT2D eigenvalue weighted by atomic mass is 9.92. The molecule has 0 N–H and O–H groups in total. The van der Waals surface area contributed by atoms with Crippen molar-refractivity contribution in [1.82, 2.24) is 14.8 Å². The molecule has 0 bridgehead atoms. The molecule has 0 unspecified atom stereocenters. The highest BCUT2D eigenvalue weighted by atomic mass is 16.5. The van der Waals surface area contributed by atoms with Crippen LogP contribution < -0.4 is 0 Å². The lowest BCUT2D eigenvalue weighted by molar-refractivity contribution is -0.135. The van der Waals surface area contributed by atoms with E-state index in [0.717, 1.165) is 50.8 Å². The summed E-state index contributed by atoms with van der Waals surface area (Å²) >= 11 is 0. The van der Waals surface area contributed by atoms with E-state index in [1.807, 2.05) is 9.80 Å². The molecule has 1 atom stereocenters. The molecular formula is C22H31N3O3. The van der Waals surface area contributed by atoms with Gasteiger partial charge in [-0.1, -0.05) is 0 Å². The zero-order chi connectivity index (χ0) is 19.3. The number of amides is 2. The maximum atomic E-state index is 13.0. The lowest BCUT2D eigenvalue weighted by Gasteiger charge is -2.33. The predicted molar refractivity (Wildman–Crippen MR) is 106 cm³/mol. The number of ether oxygens (including phenoxy) is 1. The van der Waals surface area contributed by atoms with Gasteiger partial charge in [-0.25, -0.2) is 0 Å². The molecule has 0 saturated carbocycles. The van der Waals surface area contributed by atoms with Crippen molar-refractivity contribution < 1.29 is 14.3 Å². The molecule has 3 heterocycles. The zero-order valence-electron chi connectivity index (χ0n) is 16.7. The van der Waals surface area contributed by atoms with Crippen LogP contribution in [0.1, 0.15) is 60.1 Å². The smallest absolute Gasteiger partial charge is 0.255 e. The molecule has 152 valence electrons. The first-order chi connectivity index (χ1) is 13.7. The summed E-state index contributed by atoms with van der Waals surface area (Å²) in [5.74, 6) is 0.740. The number of aromatic nitrogens is 1. The summed E-state index contributed by atoms with van der Waals surface area (Å²) in [7, 11) is 0. The van der Waals surface area contributed by atoms with Gasteiger partial charge in [0.2, 0.25) is 5.91 Å². The predicted octanol–water partition coefficient (Wildman–Crippen LogP) is 2.45. The monoisotopic (exact) mass is 385 g/mol. The Morgan fingerprint density at radius 2 is 1.89 bits per heavy atom. The van der Waals surface area contributed by atoms with E-state index in [1.165, 1.54) is 24.1 Å². The molecule has 1 aliphatic carbocycles. The summed E-state index contributed by atoms with van der Waals surface area (Å²) in [6, 6.07) is 2.06. The van der Waals surface area contributed by atoms with Gasteiger partial charge in [0.25, 0.3) is 5.91 Å². The molecule has 0 radical (unpaired) electrons. The highest BCUT2D eigenvalue weighted by molar-refractivity contribution is 5.94. The number of likely N-dealkylation sites (tertiary alicyclic amines) is 1. The van der Waals surface area contributed by atoms with Crippen LogP contribution in [0.2, 0.25) is 0 Å². The van der Waals surface area contributed by atoms with E-state index in [9.17, 15) is 9.59 Å². The number of pyridine rings is 1. The number of aryl methyl sites for hydroxylation is 2. The van der Waals surface area contributed by atoms with Gasteiger partial charge in [0.1, 0.15) is 0 Å². The number of hydrogen-bond acceptors (Lipinski definition) is 4. The summed E-state index contributed by atoms with van der Waals surface area (Å²) in [6.07, 6.45) is 9.78. The van der Waals surface area contributed by atoms with Crippen LogP contribution in [0.3, 0.4) is 0 Å². The Balaban J connectivity index is 1.31. The van der Waals surface area contributed by atoms with Gasteiger partial charge >= 0.3 is 0 Å². The van der Waals surface area contributed by atoms with Crippen LogP contribution in [0.15, 0.2) is 12.3 Å². The lowest BCUT2D eigenvalue weighted by Crippen LogP contribution is -2.42. The fraction of sp³-hybridized carbons (Fsp3) is 0.682. The molecule has 1 aromatic heterocycles. The molecule has 2 amide bonds. The van der Waals surface area contributed by atoms with Gasteiger partial charge in [-0.05, 0) is 62.5 Å². The average molecular weight is 386 g/mol.